The molecule has 0 saturated heterocycles. The minimum absolute atomic E-state index is 0.00459. The summed E-state index contributed by atoms with van der Waals surface area (Å²) in [5.74, 6) is -1.36. The molecule has 0 saturated carbocycles. The second-order valence-electron chi connectivity index (χ2n) is 10.6. The highest BCUT2D eigenvalue weighted by molar-refractivity contribution is 6.33. The fourth-order valence-electron chi connectivity index (χ4n) is 5.20. The van der Waals surface area contributed by atoms with Gasteiger partial charge in [0.25, 0.3) is 5.91 Å². The number of rotatable bonds is 4. The molecule has 3 unspecified atom stereocenters. The van der Waals surface area contributed by atoms with Crippen molar-refractivity contribution < 1.29 is 14.0 Å². The molecule has 1 aliphatic heterocycles. The third-order valence-corrected chi connectivity index (χ3v) is 8.46. The number of hydrogen-bond donors (Lipinski definition) is 2. The Morgan fingerprint density at radius 3 is 2.66 bits per heavy atom. The van der Waals surface area contributed by atoms with E-state index in [-0.39, 0.29) is 33.3 Å². The highest BCUT2D eigenvalue weighted by Gasteiger charge is 2.32. The Balaban J connectivity index is 1.49. The molecule has 0 radical (unpaired) electrons. The maximum absolute atomic E-state index is 14.6. The molecule has 2 aromatic heterocycles. The van der Waals surface area contributed by atoms with Crippen molar-refractivity contribution in [3.8, 4) is 5.69 Å². The molecule has 2 bridgehead atoms. The smallest absolute Gasteiger partial charge is 0.256 e. The van der Waals surface area contributed by atoms with Gasteiger partial charge in [-0.2, -0.15) is 5.10 Å². The molecule has 10 heteroatoms. The largest absolute Gasteiger partial charge is 0.355 e. The molecular formula is C31H30Cl2FN5O2. The lowest BCUT2D eigenvalue weighted by molar-refractivity contribution is -0.124. The van der Waals surface area contributed by atoms with E-state index < -0.39 is 23.2 Å². The summed E-state index contributed by atoms with van der Waals surface area (Å²) in [6, 6.07) is 17.9. The average molecular weight is 595 g/mol. The van der Waals surface area contributed by atoms with E-state index in [4.69, 9.17) is 23.2 Å². The number of hydrogen-bond acceptors (Lipinski definition) is 4. The van der Waals surface area contributed by atoms with Gasteiger partial charge in [0.2, 0.25) is 5.91 Å². The standard InChI is InChI=1S/C31H30Cl2FN5O2/c1-19-8-6-12-24(38-30(41)22-17-37-39(28(22)33)26-13-7-11-23(32)27(26)34)25-16-21(14-15-35-25)31(2,18-36-29(19)40)20-9-4-3-5-10-20/h3-5,7,9-11,13-17,19,24H,6,8,12,18H2,1-2H3,(H,36,40)(H,38,41). The molecule has 3 heterocycles. The van der Waals surface area contributed by atoms with Crippen LogP contribution in [0.3, 0.4) is 0 Å². The first-order valence-corrected chi connectivity index (χ1v) is 14.2. The molecule has 2 amide bonds. The number of carbonyl (C=O) groups excluding carboxylic acids is 2. The van der Waals surface area contributed by atoms with Crippen LogP contribution in [0.5, 0.6) is 0 Å². The topological polar surface area (TPSA) is 88.9 Å². The Labute approximate surface area is 248 Å². The van der Waals surface area contributed by atoms with Crippen LogP contribution in [0.2, 0.25) is 10.2 Å². The monoisotopic (exact) mass is 593 g/mol. The number of aromatic nitrogens is 3. The first-order valence-electron chi connectivity index (χ1n) is 13.5. The summed E-state index contributed by atoms with van der Waals surface area (Å²) in [5.41, 5.74) is 2.30. The van der Waals surface area contributed by atoms with E-state index in [2.05, 4.69) is 27.6 Å². The van der Waals surface area contributed by atoms with Gasteiger partial charge < -0.3 is 10.6 Å². The minimum atomic E-state index is -0.689. The minimum Gasteiger partial charge on any atom is -0.355 e. The number of benzene rings is 2. The second kappa shape index (κ2) is 12.0. The highest BCUT2D eigenvalue weighted by atomic mass is 35.5. The lowest BCUT2D eigenvalue weighted by Gasteiger charge is -2.33. The van der Waals surface area contributed by atoms with E-state index in [9.17, 15) is 14.0 Å². The number of halogens is 3. The molecule has 212 valence electrons. The van der Waals surface area contributed by atoms with Crippen molar-refractivity contribution in [2.75, 3.05) is 6.54 Å². The maximum Gasteiger partial charge on any atom is 0.256 e. The molecule has 2 aromatic carbocycles. The van der Waals surface area contributed by atoms with Gasteiger partial charge in [-0.3, -0.25) is 14.6 Å². The van der Waals surface area contributed by atoms with E-state index in [0.29, 0.717) is 31.5 Å². The van der Waals surface area contributed by atoms with Gasteiger partial charge in [-0.15, -0.1) is 0 Å². The Morgan fingerprint density at radius 1 is 1.10 bits per heavy atom. The van der Waals surface area contributed by atoms with E-state index in [0.717, 1.165) is 15.8 Å². The van der Waals surface area contributed by atoms with E-state index >= 15 is 0 Å². The molecule has 0 fully saturated rings. The van der Waals surface area contributed by atoms with Gasteiger partial charge in [-0.25, -0.2) is 9.07 Å². The lowest BCUT2D eigenvalue weighted by atomic mass is 9.75. The zero-order valence-electron chi connectivity index (χ0n) is 22.7. The van der Waals surface area contributed by atoms with Crippen LogP contribution in [0.4, 0.5) is 4.39 Å². The molecule has 1 aliphatic rings. The lowest BCUT2D eigenvalue weighted by Crippen LogP contribution is -2.42. The Bertz CT molecular complexity index is 1580. The predicted octanol–water partition coefficient (Wildman–Crippen LogP) is 6.43. The average Bonchev–Trinajstić information content (AvgIpc) is 3.37. The summed E-state index contributed by atoms with van der Waals surface area (Å²) in [6.07, 6.45) is 4.91. The molecule has 3 atom stereocenters. The molecule has 7 nitrogen and oxygen atoms in total. The Morgan fingerprint density at radius 2 is 1.88 bits per heavy atom. The molecular weight excluding hydrogens is 564 g/mol. The van der Waals surface area contributed by atoms with Gasteiger partial charge in [0.05, 0.1) is 28.5 Å². The quantitative estimate of drug-likeness (QED) is 0.285. The van der Waals surface area contributed by atoms with Crippen LogP contribution < -0.4 is 10.6 Å². The van der Waals surface area contributed by atoms with Crippen molar-refractivity contribution in [1.29, 1.82) is 0 Å². The first-order chi connectivity index (χ1) is 19.7. The molecule has 0 spiro atoms. The van der Waals surface area contributed by atoms with E-state index in [1.165, 1.54) is 18.3 Å². The third kappa shape index (κ3) is 5.85. The molecule has 5 rings (SSSR count). The number of fused-ring (bicyclic) bond motifs is 2. The number of amides is 2. The maximum atomic E-state index is 14.6. The van der Waals surface area contributed by atoms with Gasteiger partial charge in [0.1, 0.15) is 10.8 Å². The number of nitrogens with one attached hydrogen (secondary N) is 2. The molecule has 2 N–H and O–H groups in total. The SMILES string of the molecule is CC1CCCC(NC(=O)c2cnn(-c3cccc(Cl)c3F)c2Cl)c2cc(ccn2)C(C)(c2ccccc2)CNC1=O. The van der Waals surface area contributed by atoms with Crippen molar-refractivity contribution in [3.63, 3.8) is 0 Å². The molecule has 0 aliphatic carbocycles. The summed E-state index contributed by atoms with van der Waals surface area (Å²) >= 11 is 12.4. The number of pyridine rings is 1. The van der Waals surface area contributed by atoms with Crippen molar-refractivity contribution in [1.82, 2.24) is 25.4 Å². The van der Waals surface area contributed by atoms with Crippen molar-refractivity contribution in [2.24, 2.45) is 5.92 Å². The van der Waals surface area contributed by atoms with Crippen LogP contribution in [0.25, 0.3) is 5.69 Å². The van der Waals surface area contributed by atoms with Gasteiger partial charge in [0.15, 0.2) is 5.82 Å². The fraction of sp³-hybridized carbons (Fsp3) is 0.290. The third-order valence-electron chi connectivity index (χ3n) is 7.80. The second-order valence-corrected chi connectivity index (χ2v) is 11.3. The Hall–Kier alpha value is -3.75. The summed E-state index contributed by atoms with van der Waals surface area (Å²) in [4.78, 5) is 31.1. The number of nitrogens with zero attached hydrogens (tertiary/aromatic N) is 3. The molecule has 41 heavy (non-hydrogen) atoms. The van der Waals surface area contributed by atoms with Gasteiger partial charge in [-0.05, 0) is 55.2 Å². The Kier molecular flexibility index (Phi) is 8.42. The number of carbonyl (C=O) groups is 2. The van der Waals surface area contributed by atoms with Crippen LogP contribution in [-0.2, 0) is 10.2 Å². The fourth-order valence-corrected chi connectivity index (χ4v) is 5.63. The zero-order valence-corrected chi connectivity index (χ0v) is 24.2. The molecule has 4 aromatic rings. The van der Waals surface area contributed by atoms with Crippen LogP contribution in [0, 0.1) is 11.7 Å². The van der Waals surface area contributed by atoms with Gasteiger partial charge >= 0.3 is 0 Å². The van der Waals surface area contributed by atoms with E-state index in [1.807, 2.05) is 49.4 Å². The first kappa shape index (κ1) is 28.8. The summed E-state index contributed by atoms with van der Waals surface area (Å²) in [7, 11) is 0. The summed E-state index contributed by atoms with van der Waals surface area (Å²) in [6.45, 7) is 4.42. The van der Waals surface area contributed by atoms with Gasteiger partial charge in [-0.1, -0.05) is 72.9 Å². The summed E-state index contributed by atoms with van der Waals surface area (Å²) in [5, 5.41) is 10.2. The van der Waals surface area contributed by atoms with E-state index in [1.54, 1.807) is 12.3 Å². The van der Waals surface area contributed by atoms with Crippen molar-refractivity contribution in [3.05, 3.63) is 111 Å². The van der Waals surface area contributed by atoms with Crippen molar-refractivity contribution >= 4 is 35.0 Å². The summed E-state index contributed by atoms with van der Waals surface area (Å²) < 4.78 is 15.8. The zero-order chi connectivity index (χ0) is 29.1. The van der Waals surface area contributed by atoms with Crippen LogP contribution in [0.15, 0.2) is 73.1 Å². The van der Waals surface area contributed by atoms with Crippen LogP contribution in [0.1, 0.15) is 66.3 Å². The predicted molar refractivity (Wildman–Crippen MR) is 157 cm³/mol. The van der Waals surface area contributed by atoms with Crippen LogP contribution >= 0.6 is 23.2 Å². The normalized spacial score (nSPS) is 21.3. The van der Waals surface area contributed by atoms with Crippen LogP contribution in [-0.4, -0.2) is 33.1 Å². The highest BCUT2D eigenvalue weighted by Crippen LogP contribution is 2.34. The van der Waals surface area contributed by atoms with Crippen molar-refractivity contribution in [2.45, 2.75) is 44.6 Å². The van der Waals surface area contributed by atoms with Gasteiger partial charge in [0, 0.05) is 24.1 Å².